The minimum Gasteiger partial charge on any atom is -0.480 e. The second kappa shape index (κ2) is 9.33. The maximum absolute atomic E-state index is 11.8. The lowest BCUT2D eigenvalue weighted by atomic mass is 10.2. The summed E-state index contributed by atoms with van der Waals surface area (Å²) in [7, 11) is 0. The summed E-state index contributed by atoms with van der Waals surface area (Å²) in [6.45, 7) is 6.39. The lowest BCUT2D eigenvalue weighted by Crippen LogP contribution is -2.39. The second-order valence-corrected chi connectivity index (χ2v) is 5.57. The number of rotatable bonds is 9. The lowest BCUT2D eigenvalue weighted by Gasteiger charge is -2.22. The zero-order chi connectivity index (χ0) is 13.3. The topological polar surface area (TPSA) is 57.6 Å². The zero-order valence-electron chi connectivity index (χ0n) is 10.9. The molecule has 4 nitrogen and oxygen atoms in total. The van der Waals surface area contributed by atoms with Crippen LogP contribution in [0.25, 0.3) is 0 Å². The number of thioether (sulfide) groups is 1. The Morgan fingerprint density at radius 1 is 1.35 bits per heavy atom. The van der Waals surface area contributed by atoms with E-state index in [2.05, 4.69) is 6.92 Å². The minimum absolute atomic E-state index is 0.0674. The SMILES string of the molecule is CCCCSCC(=O)N(CC(=O)O)CC(C)C. The Balaban J connectivity index is 4.08. The molecule has 0 heterocycles. The Kier molecular flexibility index (Phi) is 8.94. The molecule has 0 radical (unpaired) electrons. The van der Waals surface area contributed by atoms with Crippen molar-refractivity contribution in [3.05, 3.63) is 0 Å². The smallest absolute Gasteiger partial charge is 0.323 e. The standard InChI is InChI=1S/C12H23NO3S/c1-4-5-6-17-9-11(14)13(7-10(2)3)8-12(15)16/h10H,4-9H2,1-3H3,(H,15,16). The number of hydrogen-bond donors (Lipinski definition) is 1. The van der Waals surface area contributed by atoms with E-state index in [1.165, 1.54) is 4.90 Å². The summed E-state index contributed by atoms with van der Waals surface area (Å²) in [4.78, 5) is 23.9. The van der Waals surface area contributed by atoms with E-state index in [1.54, 1.807) is 11.8 Å². The van der Waals surface area contributed by atoms with E-state index >= 15 is 0 Å². The number of amides is 1. The maximum Gasteiger partial charge on any atom is 0.323 e. The first-order valence-electron chi connectivity index (χ1n) is 6.04. The number of carboxylic acid groups (broad SMARTS) is 1. The number of nitrogens with zero attached hydrogens (tertiary/aromatic N) is 1. The van der Waals surface area contributed by atoms with Crippen LogP contribution in [-0.4, -0.2) is 46.5 Å². The van der Waals surface area contributed by atoms with Crippen molar-refractivity contribution < 1.29 is 14.7 Å². The molecule has 0 aliphatic heterocycles. The van der Waals surface area contributed by atoms with E-state index in [4.69, 9.17) is 5.11 Å². The summed E-state index contributed by atoms with van der Waals surface area (Å²) < 4.78 is 0. The molecular formula is C12H23NO3S. The Hall–Kier alpha value is -0.710. The fourth-order valence-corrected chi connectivity index (χ4v) is 2.35. The highest BCUT2D eigenvalue weighted by Gasteiger charge is 2.17. The molecule has 0 aromatic heterocycles. The van der Waals surface area contributed by atoms with Crippen molar-refractivity contribution in [1.82, 2.24) is 4.90 Å². The molecule has 0 aromatic rings. The van der Waals surface area contributed by atoms with Gasteiger partial charge in [0.25, 0.3) is 0 Å². The van der Waals surface area contributed by atoms with Gasteiger partial charge < -0.3 is 10.0 Å². The molecule has 17 heavy (non-hydrogen) atoms. The van der Waals surface area contributed by atoms with Gasteiger partial charge in [-0.2, -0.15) is 11.8 Å². The summed E-state index contributed by atoms with van der Waals surface area (Å²) >= 11 is 1.58. The minimum atomic E-state index is -0.947. The van der Waals surface area contributed by atoms with E-state index in [0.717, 1.165) is 18.6 Å². The second-order valence-electron chi connectivity index (χ2n) is 4.47. The number of hydrogen-bond acceptors (Lipinski definition) is 3. The quantitative estimate of drug-likeness (QED) is 0.646. The first kappa shape index (κ1) is 16.3. The van der Waals surface area contributed by atoms with E-state index in [0.29, 0.717) is 18.2 Å². The van der Waals surface area contributed by atoms with Crippen molar-refractivity contribution in [2.45, 2.75) is 33.6 Å². The molecule has 0 unspecified atom stereocenters. The molecule has 0 rings (SSSR count). The van der Waals surface area contributed by atoms with Crippen LogP contribution in [0.1, 0.15) is 33.6 Å². The molecule has 0 saturated heterocycles. The van der Waals surface area contributed by atoms with Crippen LogP contribution in [-0.2, 0) is 9.59 Å². The lowest BCUT2D eigenvalue weighted by molar-refractivity contribution is -0.143. The molecule has 0 fully saturated rings. The molecule has 1 amide bonds. The Labute approximate surface area is 108 Å². The van der Waals surface area contributed by atoms with E-state index in [-0.39, 0.29) is 12.5 Å². The molecular weight excluding hydrogens is 238 g/mol. The van der Waals surface area contributed by atoms with Gasteiger partial charge in [-0.1, -0.05) is 27.2 Å². The van der Waals surface area contributed by atoms with Gasteiger partial charge in [0.1, 0.15) is 6.54 Å². The summed E-state index contributed by atoms with van der Waals surface area (Å²) in [5.41, 5.74) is 0. The van der Waals surface area contributed by atoms with Crippen LogP contribution in [0, 0.1) is 5.92 Å². The van der Waals surface area contributed by atoms with E-state index in [1.807, 2.05) is 13.8 Å². The van der Waals surface area contributed by atoms with Crippen LogP contribution < -0.4 is 0 Å². The van der Waals surface area contributed by atoms with Gasteiger partial charge in [0, 0.05) is 6.54 Å². The van der Waals surface area contributed by atoms with E-state index < -0.39 is 5.97 Å². The van der Waals surface area contributed by atoms with Gasteiger partial charge in [-0.15, -0.1) is 0 Å². The van der Waals surface area contributed by atoms with Crippen LogP contribution in [0.2, 0.25) is 0 Å². The molecule has 0 bridgehead atoms. The number of carbonyl (C=O) groups is 2. The van der Waals surface area contributed by atoms with Crippen molar-refractivity contribution in [2.75, 3.05) is 24.6 Å². The van der Waals surface area contributed by atoms with Crippen LogP contribution in [0.5, 0.6) is 0 Å². The summed E-state index contributed by atoms with van der Waals surface area (Å²) in [5, 5.41) is 8.75. The Bertz CT molecular complexity index is 244. The van der Waals surface area contributed by atoms with Gasteiger partial charge in [0.15, 0.2) is 0 Å². The number of carbonyl (C=O) groups excluding carboxylic acids is 1. The molecule has 0 aliphatic rings. The highest BCUT2D eigenvalue weighted by Crippen LogP contribution is 2.07. The van der Waals surface area contributed by atoms with E-state index in [9.17, 15) is 9.59 Å². The van der Waals surface area contributed by atoms with Gasteiger partial charge in [-0.25, -0.2) is 0 Å². The molecule has 5 heteroatoms. The summed E-state index contributed by atoms with van der Waals surface area (Å²) in [6, 6.07) is 0. The Morgan fingerprint density at radius 2 is 2.00 bits per heavy atom. The maximum atomic E-state index is 11.8. The molecule has 0 spiro atoms. The molecule has 0 saturated carbocycles. The van der Waals surface area contributed by atoms with Crippen molar-refractivity contribution >= 4 is 23.6 Å². The fourth-order valence-electron chi connectivity index (χ4n) is 1.36. The first-order chi connectivity index (χ1) is 7.97. The summed E-state index contributed by atoms with van der Waals surface area (Å²) in [6.07, 6.45) is 2.22. The summed E-state index contributed by atoms with van der Waals surface area (Å²) in [5.74, 6) is 0.629. The van der Waals surface area contributed by atoms with Gasteiger partial charge >= 0.3 is 5.97 Å². The van der Waals surface area contributed by atoms with Crippen LogP contribution in [0.4, 0.5) is 0 Å². The predicted molar refractivity (Wildman–Crippen MR) is 71.3 cm³/mol. The van der Waals surface area contributed by atoms with Crippen LogP contribution in [0.15, 0.2) is 0 Å². The highest BCUT2D eigenvalue weighted by atomic mass is 32.2. The monoisotopic (exact) mass is 261 g/mol. The average Bonchev–Trinajstić information content (AvgIpc) is 2.22. The molecule has 1 N–H and O–H groups in total. The van der Waals surface area contributed by atoms with Crippen molar-refractivity contribution in [1.29, 1.82) is 0 Å². The van der Waals surface area contributed by atoms with Gasteiger partial charge in [-0.3, -0.25) is 9.59 Å². The third kappa shape index (κ3) is 9.03. The third-order valence-corrected chi connectivity index (χ3v) is 3.16. The fraction of sp³-hybridized carbons (Fsp3) is 0.833. The van der Waals surface area contributed by atoms with Gasteiger partial charge in [0.05, 0.1) is 5.75 Å². The Morgan fingerprint density at radius 3 is 2.47 bits per heavy atom. The predicted octanol–water partition coefficient (Wildman–Crippen LogP) is 2.09. The number of aliphatic carboxylic acids is 1. The van der Waals surface area contributed by atoms with Crippen molar-refractivity contribution in [3.63, 3.8) is 0 Å². The van der Waals surface area contributed by atoms with Gasteiger partial charge in [0.2, 0.25) is 5.91 Å². The largest absolute Gasteiger partial charge is 0.480 e. The molecule has 100 valence electrons. The number of unbranched alkanes of at least 4 members (excludes halogenated alkanes) is 1. The highest BCUT2D eigenvalue weighted by molar-refractivity contribution is 7.99. The molecule has 0 aliphatic carbocycles. The molecule has 0 aromatic carbocycles. The van der Waals surface area contributed by atoms with Crippen molar-refractivity contribution in [2.24, 2.45) is 5.92 Å². The first-order valence-corrected chi connectivity index (χ1v) is 7.20. The zero-order valence-corrected chi connectivity index (χ0v) is 11.8. The average molecular weight is 261 g/mol. The van der Waals surface area contributed by atoms with Crippen LogP contribution in [0.3, 0.4) is 0 Å². The van der Waals surface area contributed by atoms with Crippen molar-refractivity contribution in [3.8, 4) is 0 Å². The van der Waals surface area contributed by atoms with Crippen LogP contribution >= 0.6 is 11.8 Å². The van der Waals surface area contributed by atoms with Gasteiger partial charge in [-0.05, 0) is 18.1 Å². The molecule has 0 atom stereocenters. The normalized spacial score (nSPS) is 10.6. The number of carboxylic acids is 1. The third-order valence-electron chi connectivity index (χ3n) is 2.13.